The molecule has 0 radical (unpaired) electrons. The van der Waals surface area contributed by atoms with Crippen LogP contribution in [0.3, 0.4) is 0 Å². The average Bonchev–Trinajstić information content (AvgIpc) is 2.59. The number of nitrogens with zero attached hydrogens (tertiary/aromatic N) is 1. The van der Waals surface area contributed by atoms with Gasteiger partial charge >= 0.3 is 0 Å². The van der Waals surface area contributed by atoms with E-state index in [1.165, 1.54) is 34.9 Å². The second-order valence-corrected chi connectivity index (χ2v) is 5.80. The van der Waals surface area contributed by atoms with Crippen molar-refractivity contribution < 1.29 is 9.18 Å². The Bertz CT molecular complexity index is 962. The van der Waals surface area contributed by atoms with Gasteiger partial charge in [-0.1, -0.05) is 29.8 Å². The number of carbonyl (C=O) groups is 1. The predicted molar refractivity (Wildman–Crippen MR) is 95.3 cm³/mol. The Morgan fingerprint density at radius 1 is 1.08 bits per heavy atom. The number of amides is 1. The lowest BCUT2D eigenvalue weighted by Crippen LogP contribution is -2.29. The molecule has 25 heavy (non-hydrogen) atoms. The molecule has 0 saturated heterocycles. The summed E-state index contributed by atoms with van der Waals surface area (Å²) in [6, 6.07) is 16.4. The number of carbonyl (C=O) groups excluding carboxylic acids is 1. The van der Waals surface area contributed by atoms with Gasteiger partial charge in [0.1, 0.15) is 11.4 Å². The molecule has 4 nitrogen and oxygen atoms in total. The molecule has 3 aromatic rings. The van der Waals surface area contributed by atoms with Gasteiger partial charge < -0.3 is 9.88 Å². The Morgan fingerprint density at radius 2 is 1.84 bits per heavy atom. The van der Waals surface area contributed by atoms with E-state index in [9.17, 15) is 14.0 Å². The summed E-state index contributed by atoms with van der Waals surface area (Å²) in [6.07, 6.45) is 1.65. The zero-order valence-electron chi connectivity index (χ0n) is 13.7. The number of halogens is 1. The number of hydrogen-bond donors (Lipinski definition) is 1. The summed E-state index contributed by atoms with van der Waals surface area (Å²) in [6.45, 7) is 2.37. The van der Waals surface area contributed by atoms with E-state index in [1.54, 1.807) is 12.3 Å². The standard InChI is InChI=1S/C20H17FN2O2/c1-14-4-2-5-15(12-14)13-23-11-3-6-18(20(23)25)19(24)22-17-9-7-16(21)8-10-17/h2-12H,13H2,1H3,(H,22,24). The van der Waals surface area contributed by atoms with E-state index in [0.29, 0.717) is 12.2 Å². The highest BCUT2D eigenvalue weighted by atomic mass is 19.1. The number of pyridine rings is 1. The number of anilines is 1. The third kappa shape index (κ3) is 4.01. The van der Waals surface area contributed by atoms with E-state index in [1.807, 2.05) is 31.2 Å². The maximum Gasteiger partial charge on any atom is 0.263 e. The van der Waals surface area contributed by atoms with Gasteiger partial charge in [-0.15, -0.1) is 0 Å². The summed E-state index contributed by atoms with van der Waals surface area (Å²) >= 11 is 0. The molecule has 1 amide bonds. The fourth-order valence-corrected chi connectivity index (χ4v) is 2.57. The minimum absolute atomic E-state index is 0.0412. The molecule has 3 rings (SSSR count). The average molecular weight is 336 g/mol. The van der Waals surface area contributed by atoms with Gasteiger partial charge in [-0.3, -0.25) is 9.59 Å². The van der Waals surface area contributed by atoms with Crippen molar-refractivity contribution in [2.24, 2.45) is 0 Å². The Labute approximate surface area is 144 Å². The molecular weight excluding hydrogens is 319 g/mol. The maximum absolute atomic E-state index is 12.9. The van der Waals surface area contributed by atoms with Gasteiger partial charge in [-0.25, -0.2) is 4.39 Å². The van der Waals surface area contributed by atoms with Crippen LogP contribution in [0.5, 0.6) is 0 Å². The molecule has 0 spiro atoms. The maximum atomic E-state index is 12.9. The van der Waals surface area contributed by atoms with Crippen LogP contribution in [0, 0.1) is 12.7 Å². The van der Waals surface area contributed by atoms with Crippen LogP contribution in [0.1, 0.15) is 21.5 Å². The molecule has 1 aromatic heterocycles. The molecule has 0 aliphatic heterocycles. The smallest absolute Gasteiger partial charge is 0.263 e. The zero-order valence-corrected chi connectivity index (χ0v) is 13.7. The van der Waals surface area contributed by atoms with Crippen LogP contribution in [0.4, 0.5) is 10.1 Å². The van der Waals surface area contributed by atoms with Crippen molar-refractivity contribution in [3.63, 3.8) is 0 Å². The van der Waals surface area contributed by atoms with Crippen LogP contribution in [0.25, 0.3) is 0 Å². The summed E-state index contributed by atoms with van der Waals surface area (Å²) in [4.78, 5) is 24.9. The molecule has 1 heterocycles. The van der Waals surface area contributed by atoms with Crippen molar-refractivity contribution in [1.82, 2.24) is 4.57 Å². The number of nitrogens with one attached hydrogen (secondary N) is 1. The van der Waals surface area contributed by atoms with Crippen LogP contribution in [-0.2, 0) is 6.54 Å². The van der Waals surface area contributed by atoms with E-state index in [-0.39, 0.29) is 11.1 Å². The van der Waals surface area contributed by atoms with Gasteiger partial charge in [-0.2, -0.15) is 0 Å². The van der Waals surface area contributed by atoms with Crippen LogP contribution in [-0.4, -0.2) is 10.5 Å². The highest BCUT2D eigenvalue weighted by Crippen LogP contribution is 2.10. The lowest BCUT2D eigenvalue weighted by Gasteiger charge is -2.09. The summed E-state index contributed by atoms with van der Waals surface area (Å²) in [5.41, 5.74) is 2.19. The summed E-state index contributed by atoms with van der Waals surface area (Å²) in [5.74, 6) is -0.909. The van der Waals surface area contributed by atoms with E-state index < -0.39 is 11.7 Å². The number of benzene rings is 2. The van der Waals surface area contributed by atoms with Crippen LogP contribution in [0.2, 0.25) is 0 Å². The van der Waals surface area contributed by atoms with E-state index >= 15 is 0 Å². The number of hydrogen-bond acceptors (Lipinski definition) is 2. The quantitative estimate of drug-likeness (QED) is 0.791. The molecule has 0 aliphatic rings. The Balaban J connectivity index is 1.84. The molecule has 0 saturated carbocycles. The van der Waals surface area contributed by atoms with Crippen molar-refractivity contribution in [3.05, 3.63) is 99.7 Å². The summed E-state index contributed by atoms with van der Waals surface area (Å²) in [5, 5.41) is 2.61. The molecule has 0 atom stereocenters. The lowest BCUT2D eigenvalue weighted by atomic mass is 10.1. The molecule has 0 aliphatic carbocycles. The monoisotopic (exact) mass is 336 g/mol. The number of aromatic nitrogens is 1. The Hall–Kier alpha value is -3.21. The first-order valence-electron chi connectivity index (χ1n) is 7.85. The van der Waals surface area contributed by atoms with Crippen molar-refractivity contribution >= 4 is 11.6 Å². The number of rotatable bonds is 4. The molecule has 0 fully saturated rings. The molecule has 0 bridgehead atoms. The van der Waals surface area contributed by atoms with Crippen molar-refractivity contribution in [1.29, 1.82) is 0 Å². The van der Waals surface area contributed by atoms with E-state index in [4.69, 9.17) is 0 Å². The van der Waals surface area contributed by atoms with Gasteiger partial charge in [0.05, 0.1) is 6.54 Å². The van der Waals surface area contributed by atoms with Gasteiger partial charge in [0.2, 0.25) is 0 Å². The van der Waals surface area contributed by atoms with Crippen molar-refractivity contribution in [2.45, 2.75) is 13.5 Å². The normalized spacial score (nSPS) is 10.5. The first-order chi connectivity index (χ1) is 12.0. The van der Waals surface area contributed by atoms with Crippen LogP contribution < -0.4 is 10.9 Å². The molecule has 5 heteroatoms. The van der Waals surface area contributed by atoms with Crippen LogP contribution >= 0.6 is 0 Å². The van der Waals surface area contributed by atoms with Crippen LogP contribution in [0.15, 0.2) is 71.7 Å². The topological polar surface area (TPSA) is 51.1 Å². The Kier molecular flexibility index (Phi) is 4.75. The van der Waals surface area contributed by atoms with Gasteiger partial charge in [0, 0.05) is 11.9 Å². The molecule has 0 unspecified atom stereocenters. The SMILES string of the molecule is Cc1cccc(Cn2cccc(C(=O)Nc3ccc(F)cc3)c2=O)c1. The minimum atomic E-state index is -0.518. The zero-order chi connectivity index (χ0) is 17.8. The second-order valence-electron chi connectivity index (χ2n) is 5.80. The predicted octanol–water partition coefficient (Wildman–Crippen LogP) is 3.60. The number of aryl methyl sites for hydroxylation is 1. The first kappa shape index (κ1) is 16.6. The van der Waals surface area contributed by atoms with E-state index in [2.05, 4.69) is 5.32 Å². The third-order valence-corrected chi connectivity index (χ3v) is 3.80. The fraction of sp³-hybridized carbons (Fsp3) is 0.100. The highest BCUT2D eigenvalue weighted by molar-refractivity contribution is 6.03. The third-order valence-electron chi connectivity index (χ3n) is 3.80. The Morgan fingerprint density at radius 3 is 2.56 bits per heavy atom. The summed E-state index contributed by atoms with van der Waals surface area (Å²) in [7, 11) is 0. The van der Waals surface area contributed by atoms with E-state index in [0.717, 1.165) is 11.1 Å². The summed E-state index contributed by atoms with van der Waals surface area (Å²) < 4.78 is 14.4. The largest absolute Gasteiger partial charge is 0.322 e. The van der Waals surface area contributed by atoms with Gasteiger partial charge in [-0.05, 0) is 48.9 Å². The molecule has 1 N–H and O–H groups in total. The van der Waals surface area contributed by atoms with Gasteiger partial charge in [0.15, 0.2) is 0 Å². The highest BCUT2D eigenvalue weighted by Gasteiger charge is 2.12. The second kappa shape index (κ2) is 7.13. The molecule has 2 aromatic carbocycles. The van der Waals surface area contributed by atoms with Crippen molar-refractivity contribution in [2.75, 3.05) is 5.32 Å². The van der Waals surface area contributed by atoms with Crippen molar-refractivity contribution in [3.8, 4) is 0 Å². The minimum Gasteiger partial charge on any atom is -0.322 e. The molecule has 126 valence electrons. The fourth-order valence-electron chi connectivity index (χ4n) is 2.57. The molecular formula is C20H17FN2O2. The lowest BCUT2D eigenvalue weighted by molar-refractivity contribution is 0.102. The van der Waals surface area contributed by atoms with Gasteiger partial charge in [0.25, 0.3) is 11.5 Å². The first-order valence-corrected chi connectivity index (χ1v) is 7.85.